The van der Waals surface area contributed by atoms with Crippen LogP contribution in [0.3, 0.4) is 0 Å². The molecular formula is C16H12Cl3NO. The topological polar surface area (TPSA) is 29.1 Å². The standard InChI is InChI=1S/C16H12Cl3NO/c1-10-12(17)3-2-4-15(10)20-16(21)8-6-11-5-7-13(18)14(19)9-11/h2-9H,1H3,(H,20,21)/b8-6+. The summed E-state index contributed by atoms with van der Waals surface area (Å²) in [6, 6.07) is 10.5. The van der Waals surface area contributed by atoms with E-state index in [-0.39, 0.29) is 5.91 Å². The number of hydrogen-bond donors (Lipinski definition) is 1. The molecule has 2 nitrogen and oxygen atoms in total. The lowest BCUT2D eigenvalue weighted by molar-refractivity contribution is -0.111. The van der Waals surface area contributed by atoms with Gasteiger partial charge in [0.15, 0.2) is 0 Å². The van der Waals surface area contributed by atoms with E-state index in [0.717, 1.165) is 11.1 Å². The normalized spacial score (nSPS) is 10.9. The zero-order chi connectivity index (χ0) is 15.4. The fourth-order valence-electron chi connectivity index (χ4n) is 1.71. The molecule has 0 aliphatic heterocycles. The Bertz CT molecular complexity index is 711. The van der Waals surface area contributed by atoms with Gasteiger partial charge in [0.2, 0.25) is 5.91 Å². The smallest absolute Gasteiger partial charge is 0.248 e. The quantitative estimate of drug-likeness (QED) is 0.723. The van der Waals surface area contributed by atoms with Crippen LogP contribution in [0.2, 0.25) is 15.1 Å². The maximum Gasteiger partial charge on any atom is 0.248 e. The van der Waals surface area contributed by atoms with Crippen LogP contribution in [-0.2, 0) is 4.79 Å². The number of carbonyl (C=O) groups excluding carboxylic acids is 1. The van der Waals surface area contributed by atoms with Crippen LogP contribution < -0.4 is 5.32 Å². The van der Waals surface area contributed by atoms with Crippen molar-refractivity contribution >= 4 is 52.5 Å². The highest BCUT2D eigenvalue weighted by molar-refractivity contribution is 6.42. The summed E-state index contributed by atoms with van der Waals surface area (Å²) >= 11 is 17.8. The minimum atomic E-state index is -0.244. The van der Waals surface area contributed by atoms with Crippen LogP contribution in [0.1, 0.15) is 11.1 Å². The van der Waals surface area contributed by atoms with E-state index < -0.39 is 0 Å². The van der Waals surface area contributed by atoms with E-state index in [0.29, 0.717) is 20.8 Å². The van der Waals surface area contributed by atoms with Crippen molar-refractivity contribution in [1.82, 2.24) is 0 Å². The summed E-state index contributed by atoms with van der Waals surface area (Å²) in [5.74, 6) is -0.244. The zero-order valence-corrected chi connectivity index (χ0v) is 13.4. The van der Waals surface area contributed by atoms with Crippen LogP contribution >= 0.6 is 34.8 Å². The lowest BCUT2D eigenvalue weighted by Gasteiger charge is -2.07. The highest BCUT2D eigenvalue weighted by Crippen LogP contribution is 2.24. The Balaban J connectivity index is 2.09. The van der Waals surface area contributed by atoms with Gasteiger partial charge < -0.3 is 5.32 Å². The number of hydrogen-bond acceptors (Lipinski definition) is 1. The van der Waals surface area contributed by atoms with E-state index in [4.69, 9.17) is 34.8 Å². The maximum absolute atomic E-state index is 11.9. The van der Waals surface area contributed by atoms with Crippen LogP contribution in [0.4, 0.5) is 5.69 Å². The first-order valence-electron chi connectivity index (χ1n) is 6.16. The second kappa shape index (κ2) is 6.99. The van der Waals surface area contributed by atoms with Gasteiger partial charge in [0.1, 0.15) is 0 Å². The molecule has 2 aromatic carbocycles. The number of anilines is 1. The molecule has 0 saturated heterocycles. The number of carbonyl (C=O) groups is 1. The average molecular weight is 341 g/mol. The summed E-state index contributed by atoms with van der Waals surface area (Å²) in [6.45, 7) is 1.85. The Morgan fingerprint density at radius 1 is 1.05 bits per heavy atom. The minimum absolute atomic E-state index is 0.244. The summed E-state index contributed by atoms with van der Waals surface area (Å²) < 4.78 is 0. The molecule has 0 spiro atoms. The summed E-state index contributed by atoms with van der Waals surface area (Å²) in [6.07, 6.45) is 3.09. The van der Waals surface area contributed by atoms with Gasteiger partial charge in [0, 0.05) is 16.8 Å². The van der Waals surface area contributed by atoms with Crippen molar-refractivity contribution in [2.75, 3.05) is 5.32 Å². The van der Waals surface area contributed by atoms with Crippen molar-refractivity contribution < 1.29 is 4.79 Å². The molecule has 2 aromatic rings. The molecule has 0 radical (unpaired) electrons. The molecule has 0 atom stereocenters. The van der Waals surface area contributed by atoms with Gasteiger partial charge in [0.05, 0.1) is 10.0 Å². The SMILES string of the molecule is Cc1c(Cl)cccc1NC(=O)/C=C/c1ccc(Cl)c(Cl)c1. The van der Waals surface area contributed by atoms with Crippen molar-refractivity contribution in [3.63, 3.8) is 0 Å². The van der Waals surface area contributed by atoms with Gasteiger partial charge in [-0.25, -0.2) is 0 Å². The lowest BCUT2D eigenvalue weighted by Crippen LogP contribution is -2.08. The minimum Gasteiger partial charge on any atom is -0.322 e. The number of halogens is 3. The fraction of sp³-hybridized carbons (Fsp3) is 0.0625. The highest BCUT2D eigenvalue weighted by atomic mass is 35.5. The molecule has 0 saturated carbocycles. The molecule has 0 bridgehead atoms. The molecule has 108 valence electrons. The third-order valence-corrected chi connectivity index (χ3v) is 4.04. The van der Waals surface area contributed by atoms with Crippen molar-refractivity contribution in [3.05, 3.63) is 68.7 Å². The molecule has 1 amide bonds. The number of nitrogens with one attached hydrogen (secondary N) is 1. The van der Waals surface area contributed by atoms with Crippen LogP contribution in [0.25, 0.3) is 6.08 Å². The van der Waals surface area contributed by atoms with Gasteiger partial charge >= 0.3 is 0 Å². The van der Waals surface area contributed by atoms with E-state index in [1.165, 1.54) is 6.08 Å². The Hall–Kier alpha value is -1.48. The van der Waals surface area contributed by atoms with E-state index in [1.807, 2.05) is 6.92 Å². The summed E-state index contributed by atoms with van der Waals surface area (Å²) in [5, 5.41) is 4.32. The van der Waals surface area contributed by atoms with Crippen molar-refractivity contribution in [1.29, 1.82) is 0 Å². The first-order valence-corrected chi connectivity index (χ1v) is 7.30. The van der Waals surface area contributed by atoms with E-state index in [2.05, 4.69) is 5.32 Å². The number of benzene rings is 2. The fourth-order valence-corrected chi connectivity index (χ4v) is 2.19. The second-order valence-corrected chi connectivity index (χ2v) is 5.63. The molecule has 0 aromatic heterocycles. The monoisotopic (exact) mass is 339 g/mol. The van der Waals surface area contributed by atoms with Gasteiger partial charge in [-0.15, -0.1) is 0 Å². The van der Waals surface area contributed by atoms with Crippen LogP contribution in [0, 0.1) is 6.92 Å². The van der Waals surface area contributed by atoms with Crippen LogP contribution in [-0.4, -0.2) is 5.91 Å². The van der Waals surface area contributed by atoms with Crippen molar-refractivity contribution in [2.45, 2.75) is 6.92 Å². The van der Waals surface area contributed by atoms with Gasteiger partial charge in [-0.05, 0) is 48.4 Å². The van der Waals surface area contributed by atoms with E-state index in [9.17, 15) is 4.79 Å². The Kier molecular flexibility index (Phi) is 5.29. The third kappa shape index (κ3) is 4.24. The maximum atomic E-state index is 11.9. The summed E-state index contributed by atoms with van der Waals surface area (Å²) in [5.41, 5.74) is 2.31. The predicted octanol–water partition coefficient (Wildman–Crippen LogP) is 5.61. The van der Waals surface area contributed by atoms with Crippen LogP contribution in [0.15, 0.2) is 42.5 Å². The Morgan fingerprint density at radius 2 is 1.81 bits per heavy atom. The third-order valence-electron chi connectivity index (χ3n) is 2.90. The molecule has 21 heavy (non-hydrogen) atoms. The molecule has 0 heterocycles. The Morgan fingerprint density at radius 3 is 2.52 bits per heavy atom. The van der Waals surface area contributed by atoms with Gasteiger partial charge in [-0.1, -0.05) is 46.9 Å². The summed E-state index contributed by atoms with van der Waals surface area (Å²) in [4.78, 5) is 11.9. The molecule has 5 heteroatoms. The number of amides is 1. The molecule has 0 aliphatic carbocycles. The predicted molar refractivity (Wildman–Crippen MR) is 90.3 cm³/mol. The Labute approximate surface area is 138 Å². The average Bonchev–Trinajstić information content (AvgIpc) is 2.45. The van der Waals surface area contributed by atoms with Crippen LogP contribution in [0.5, 0.6) is 0 Å². The van der Waals surface area contributed by atoms with Crippen molar-refractivity contribution in [3.8, 4) is 0 Å². The molecule has 0 fully saturated rings. The molecule has 1 N–H and O–H groups in total. The highest BCUT2D eigenvalue weighted by Gasteiger charge is 2.04. The first kappa shape index (κ1) is 15.9. The van der Waals surface area contributed by atoms with Gasteiger partial charge in [-0.2, -0.15) is 0 Å². The van der Waals surface area contributed by atoms with Gasteiger partial charge in [-0.3, -0.25) is 4.79 Å². The van der Waals surface area contributed by atoms with Gasteiger partial charge in [0.25, 0.3) is 0 Å². The first-order chi connectivity index (χ1) is 9.97. The number of rotatable bonds is 3. The summed E-state index contributed by atoms with van der Waals surface area (Å²) in [7, 11) is 0. The molecule has 0 aliphatic rings. The molecular weight excluding hydrogens is 329 g/mol. The van der Waals surface area contributed by atoms with Crippen molar-refractivity contribution in [2.24, 2.45) is 0 Å². The molecule has 0 unspecified atom stereocenters. The largest absolute Gasteiger partial charge is 0.322 e. The van der Waals surface area contributed by atoms with E-state index in [1.54, 1.807) is 42.5 Å². The van der Waals surface area contributed by atoms with E-state index >= 15 is 0 Å². The zero-order valence-electron chi connectivity index (χ0n) is 11.2. The second-order valence-electron chi connectivity index (χ2n) is 4.41. The molecule has 2 rings (SSSR count). The lowest BCUT2D eigenvalue weighted by atomic mass is 10.2.